The van der Waals surface area contributed by atoms with Crippen LogP contribution in [0.2, 0.25) is 0 Å². The monoisotopic (exact) mass is 573 g/mol. The fraction of sp³-hybridized carbons (Fsp3) is 0.160. The molecule has 0 spiro atoms. The molecule has 3 aromatic carbocycles. The van der Waals surface area contributed by atoms with Crippen LogP contribution in [0.5, 0.6) is 0 Å². The summed E-state index contributed by atoms with van der Waals surface area (Å²) in [5.74, 6) is -1.36. The Kier molecular flexibility index (Phi) is 7.54. The predicted octanol–water partition coefficient (Wildman–Crippen LogP) is 3.13. The van der Waals surface area contributed by atoms with Crippen molar-refractivity contribution in [2.24, 2.45) is 4.99 Å². The summed E-state index contributed by atoms with van der Waals surface area (Å²) >= 11 is 1.01. The summed E-state index contributed by atoms with van der Waals surface area (Å²) in [6.45, 7) is 1.56. The lowest BCUT2D eigenvalue weighted by Crippen LogP contribution is -2.22. The van der Waals surface area contributed by atoms with Crippen LogP contribution in [0.3, 0.4) is 0 Å². The molecular weight excluding hydrogens is 550 g/mol. The number of anilines is 1. The van der Waals surface area contributed by atoms with Crippen LogP contribution in [0.15, 0.2) is 81.5 Å². The van der Waals surface area contributed by atoms with E-state index < -0.39 is 31.7 Å². The van der Waals surface area contributed by atoms with Crippen LogP contribution in [0, 0.1) is 6.92 Å². The number of hydrogen-bond acceptors (Lipinski definition) is 8. The highest BCUT2D eigenvalue weighted by molar-refractivity contribution is 7.92. The van der Waals surface area contributed by atoms with Crippen molar-refractivity contribution in [2.45, 2.75) is 23.3 Å². The molecule has 0 unspecified atom stereocenters. The van der Waals surface area contributed by atoms with Gasteiger partial charge in [-0.3, -0.25) is 14.3 Å². The van der Waals surface area contributed by atoms with Gasteiger partial charge in [-0.2, -0.15) is 4.99 Å². The van der Waals surface area contributed by atoms with Gasteiger partial charge in [-0.05, 0) is 49.4 Å². The molecular formula is C25H23N3O7S3. The van der Waals surface area contributed by atoms with E-state index in [1.807, 2.05) is 6.92 Å². The normalized spacial score (nSPS) is 12.4. The first-order valence-corrected chi connectivity index (χ1v) is 15.3. The Balaban J connectivity index is 1.80. The average Bonchev–Trinajstić information content (AvgIpc) is 3.19. The first-order valence-electron chi connectivity index (χ1n) is 11.1. The van der Waals surface area contributed by atoms with E-state index in [1.165, 1.54) is 54.1 Å². The smallest absolute Gasteiger partial charge is 0.325 e. The third kappa shape index (κ3) is 5.85. The molecule has 0 aliphatic carbocycles. The lowest BCUT2D eigenvalue weighted by molar-refractivity contribution is -0.141. The van der Waals surface area contributed by atoms with Gasteiger partial charge in [0.05, 0.1) is 38.4 Å². The van der Waals surface area contributed by atoms with Crippen molar-refractivity contribution in [2.75, 3.05) is 18.1 Å². The van der Waals surface area contributed by atoms with E-state index in [0.29, 0.717) is 10.2 Å². The number of amides is 1. The number of carbonyl (C=O) groups is 2. The van der Waals surface area contributed by atoms with Gasteiger partial charge in [0.2, 0.25) is 0 Å². The number of methoxy groups -OCH3 is 1. The van der Waals surface area contributed by atoms with Gasteiger partial charge in [0, 0.05) is 6.26 Å². The second kappa shape index (κ2) is 10.5. The van der Waals surface area contributed by atoms with Crippen LogP contribution < -0.4 is 9.52 Å². The van der Waals surface area contributed by atoms with Crippen molar-refractivity contribution in [3.8, 4) is 0 Å². The molecule has 0 aliphatic heterocycles. The van der Waals surface area contributed by atoms with Crippen LogP contribution in [-0.4, -0.2) is 46.6 Å². The summed E-state index contributed by atoms with van der Waals surface area (Å²) in [4.78, 5) is 29.8. The highest BCUT2D eigenvalue weighted by atomic mass is 32.2. The highest BCUT2D eigenvalue weighted by Crippen LogP contribution is 2.24. The maximum Gasteiger partial charge on any atom is 0.325 e. The largest absolute Gasteiger partial charge is 0.468 e. The average molecular weight is 574 g/mol. The van der Waals surface area contributed by atoms with E-state index in [0.717, 1.165) is 23.2 Å². The molecule has 10 nitrogen and oxygen atoms in total. The fourth-order valence-corrected chi connectivity index (χ4v) is 6.41. The molecule has 0 atom stereocenters. The quantitative estimate of drug-likeness (QED) is 0.335. The van der Waals surface area contributed by atoms with Gasteiger partial charge in [0.25, 0.3) is 15.9 Å². The molecule has 0 saturated carbocycles. The minimum absolute atomic E-state index is 0.0120. The summed E-state index contributed by atoms with van der Waals surface area (Å²) in [5, 5.41) is 0. The number of nitrogens with one attached hydrogen (secondary N) is 1. The summed E-state index contributed by atoms with van der Waals surface area (Å²) < 4.78 is 59.0. The lowest BCUT2D eigenvalue weighted by Gasteiger charge is -2.11. The third-order valence-corrected chi connectivity index (χ3v) is 9.06. The van der Waals surface area contributed by atoms with Gasteiger partial charge in [0.1, 0.15) is 6.54 Å². The Morgan fingerprint density at radius 3 is 2.29 bits per heavy atom. The van der Waals surface area contributed by atoms with Gasteiger partial charge >= 0.3 is 5.97 Å². The van der Waals surface area contributed by atoms with E-state index >= 15 is 0 Å². The van der Waals surface area contributed by atoms with Crippen LogP contribution in [0.25, 0.3) is 10.2 Å². The number of sulfonamides is 1. The van der Waals surface area contributed by atoms with E-state index in [1.54, 1.807) is 24.3 Å². The molecule has 4 aromatic rings. The third-order valence-electron chi connectivity index (χ3n) is 5.53. The molecule has 0 bridgehead atoms. The zero-order chi connectivity index (χ0) is 27.7. The number of hydrogen-bond donors (Lipinski definition) is 1. The molecule has 1 N–H and O–H groups in total. The van der Waals surface area contributed by atoms with E-state index in [4.69, 9.17) is 4.74 Å². The molecule has 38 heavy (non-hydrogen) atoms. The zero-order valence-electron chi connectivity index (χ0n) is 20.5. The lowest BCUT2D eigenvalue weighted by atomic mass is 10.2. The van der Waals surface area contributed by atoms with Crippen molar-refractivity contribution in [1.29, 1.82) is 0 Å². The number of rotatable bonds is 7. The molecule has 1 heterocycles. The number of para-hydroxylation sites is 1. The molecule has 0 radical (unpaired) electrons. The van der Waals surface area contributed by atoms with E-state index in [9.17, 15) is 26.4 Å². The fourth-order valence-electron chi connectivity index (χ4n) is 3.54. The summed E-state index contributed by atoms with van der Waals surface area (Å²) in [5.41, 5.74) is 1.39. The molecule has 0 fully saturated rings. The predicted molar refractivity (Wildman–Crippen MR) is 143 cm³/mol. The maximum absolute atomic E-state index is 13.3. The molecule has 1 amide bonds. The van der Waals surface area contributed by atoms with Gasteiger partial charge < -0.3 is 9.30 Å². The topological polar surface area (TPSA) is 141 Å². The highest BCUT2D eigenvalue weighted by Gasteiger charge is 2.20. The standard InChI is InChI=1S/C25H23N3O7S3/c1-16-8-10-17(11-9-16)38(33,34)27-20-7-5-4-6-19(20)24(30)26-25-28(15-23(29)35-2)21-13-12-18(37(3,31)32)14-22(21)36-25/h4-14,27H,15H2,1-3H3. The first kappa shape index (κ1) is 27.2. The number of nitrogens with zero attached hydrogens (tertiary/aromatic N) is 2. The minimum atomic E-state index is -3.99. The van der Waals surface area contributed by atoms with Gasteiger partial charge in [-0.1, -0.05) is 41.2 Å². The van der Waals surface area contributed by atoms with Crippen molar-refractivity contribution in [1.82, 2.24) is 4.57 Å². The number of benzene rings is 3. The molecule has 1 aromatic heterocycles. The summed E-state index contributed by atoms with van der Waals surface area (Å²) in [6, 6.07) is 16.6. The number of aromatic nitrogens is 1. The van der Waals surface area contributed by atoms with Crippen LogP contribution in [0.1, 0.15) is 15.9 Å². The Morgan fingerprint density at radius 1 is 0.974 bits per heavy atom. The van der Waals surface area contributed by atoms with Gasteiger partial charge in [-0.15, -0.1) is 0 Å². The first-order chi connectivity index (χ1) is 17.9. The Bertz CT molecular complexity index is 1840. The second-order valence-electron chi connectivity index (χ2n) is 8.33. The van der Waals surface area contributed by atoms with Crippen LogP contribution in [0.4, 0.5) is 5.69 Å². The van der Waals surface area contributed by atoms with E-state index in [2.05, 4.69) is 9.71 Å². The van der Waals surface area contributed by atoms with Crippen molar-refractivity contribution in [3.63, 3.8) is 0 Å². The van der Waals surface area contributed by atoms with Crippen molar-refractivity contribution in [3.05, 3.63) is 82.7 Å². The maximum atomic E-state index is 13.3. The number of esters is 1. The summed E-state index contributed by atoms with van der Waals surface area (Å²) in [6.07, 6.45) is 1.08. The molecule has 0 aliphatic rings. The number of ether oxygens (including phenoxy) is 1. The Morgan fingerprint density at radius 2 is 1.63 bits per heavy atom. The summed E-state index contributed by atoms with van der Waals surface area (Å²) in [7, 11) is -6.27. The number of thiazole rings is 1. The number of aryl methyl sites for hydroxylation is 1. The molecule has 4 rings (SSSR count). The number of sulfone groups is 1. The van der Waals surface area contributed by atoms with E-state index in [-0.39, 0.29) is 32.4 Å². The van der Waals surface area contributed by atoms with Crippen LogP contribution >= 0.6 is 11.3 Å². The molecule has 0 saturated heterocycles. The van der Waals surface area contributed by atoms with Gasteiger partial charge in [0.15, 0.2) is 14.6 Å². The second-order valence-corrected chi connectivity index (χ2v) is 13.0. The number of carbonyl (C=O) groups excluding carboxylic acids is 2. The van der Waals surface area contributed by atoms with Crippen molar-refractivity contribution >= 4 is 59.0 Å². The Hall–Kier alpha value is -3.81. The molecule has 13 heteroatoms. The number of fused-ring (bicyclic) bond motifs is 1. The molecule has 198 valence electrons. The van der Waals surface area contributed by atoms with Crippen LogP contribution in [-0.2, 0) is 35.9 Å². The Labute approximate surface area is 223 Å². The zero-order valence-corrected chi connectivity index (χ0v) is 23.0. The van der Waals surface area contributed by atoms with Crippen molar-refractivity contribution < 1.29 is 31.2 Å². The SMILES string of the molecule is COC(=O)Cn1c(=NC(=O)c2ccccc2NS(=O)(=O)c2ccc(C)cc2)sc2cc(S(C)(=O)=O)ccc21. The van der Waals surface area contributed by atoms with Gasteiger partial charge in [-0.25, -0.2) is 16.8 Å². The minimum Gasteiger partial charge on any atom is -0.468 e.